The van der Waals surface area contributed by atoms with Gasteiger partial charge in [0.2, 0.25) is 0 Å². The number of alkyl halides is 4. The molecule has 2 aliphatic heterocycles. The predicted octanol–water partition coefficient (Wildman–Crippen LogP) is 3.06. The first kappa shape index (κ1) is 24.7. The molecule has 0 radical (unpaired) electrons. The van der Waals surface area contributed by atoms with Gasteiger partial charge in [0.05, 0.1) is 25.3 Å². The van der Waals surface area contributed by atoms with E-state index in [-0.39, 0.29) is 29.8 Å². The van der Waals surface area contributed by atoms with E-state index in [1.54, 1.807) is 12.1 Å². The third-order valence-corrected chi connectivity index (χ3v) is 6.23. The number of amides is 1. The lowest BCUT2D eigenvalue weighted by Crippen LogP contribution is -2.55. The molecular formula is C22H20F5N7O3. The van der Waals surface area contributed by atoms with Gasteiger partial charge in [-0.3, -0.25) is 9.47 Å². The number of ether oxygens (including phenoxy) is 1. The van der Waals surface area contributed by atoms with Gasteiger partial charge in [-0.25, -0.2) is 18.6 Å². The summed E-state index contributed by atoms with van der Waals surface area (Å²) in [5.74, 6) is -0.136. The van der Waals surface area contributed by atoms with Crippen molar-refractivity contribution in [1.82, 2.24) is 34.9 Å². The van der Waals surface area contributed by atoms with Crippen LogP contribution in [0.4, 0.5) is 26.7 Å². The second-order valence-electron chi connectivity index (χ2n) is 8.60. The second kappa shape index (κ2) is 9.14. The average molecular weight is 525 g/mol. The number of hydrogen-bond donors (Lipinski definition) is 2. The monoisotopic (exact) mass is 525 g/mol. The van der Waals surface area contributed by atoms with Crippen LogP contribution in [0, 0.1) is 5.82 Å². The number of hydrogen-bond acceptors (Lipinski definition) is 7. The number of fused-ring (bicyclic) bond motifs is 2. The summed E-state index contributed by atoms with van der Waals surface area (Å²) in [6, 6.07) is 4.50. The van der Waals surface area contributed by atoms with Crippen LogP contribution in [0.2, 0.25) is 0 Å². The molecule has 1 saturated heterocycles. The Bertz CT molecular complexity index is 1380. The van der Waals surface area contributed by atoms with Crippen molar-refractivity contribution < 1.29 is 36.6 Å². The van der Waals surface area contributed by atoms with E-state index in [2.05, 4.69) is 15.2 Å². The van der Waals surface area contributed by atoms with Gasteiger partial charge in [-0.2, -0.15) is 13.2 Å². The molecule has 0 bridgehead atoms. The second-order valence-corrected chi connectivity index (χ2v) is 8.60. The molecule has 10 nitrogen and oxygen atoms in total. The maximum atomic E-state index is 14.4. The molecule has 1 aromatic carbocycles. The Hall–Kier alpha value is -4.01. The standard InChI is InChI=1S/C22H20F5N7O3/c1-37-17-7-15-11(6-12(17)23)2-3-14(28-15)19-31-30-18-4-5-32(10-34(18)19)20(22(25,26)27)33-8-13(24)16(9-33)29-21(35)36/h2-7,13,16,20,29H,8-10H2,1H3,(H,35,36)/t13-,16-,20+/m1/s1. The van der Waals surface area contributed by atoms with Crippen molar-refractivity contribution in [2.24, 2.45) is 0 Å². The fourth-order valence-corrected chi connectivity index (χ4v) is 4.60. The van der Waals surface area contributed by atoms with E-state index >= 15 is 0 Å². The van der Waals surface area contributed by atoms with Crippen molar-refractivity contribution in [3.05, 3.63) is 42.1 Å². The van der Waals surface area contributed by atoms with Crippen molar-refractivity contribution in [3.8, 4) is 17.3 Å². The first-order chi connectivity index (χ1) is 17.5. The number of halogens is 5. The zero-order valence-corrected chi connectivity index (χ0v) is 19.2. The normalized spacial score (nSPS) is 20.8. The molecule has 1 fully saturated rings. The summed E-state index contributed by atoms with van der Waals surface area (Å²) in [5.41, 5.74) is 0.668. The Morgan fingerprint density at radius 2 is 2.03 bits per heavy atom. The van der Waals surface area contributed by atoms with Crippen LogP contribution in [0.25, 0.3) is 28.5 Å². The van der Waals surface area contributed by atoms with Crippen LogP contribution in [0.5, 0.6) is 5.75 Å². The van der Waals surface area contributed by atoms with Crippen molar-refractivity contribution in [2.45, 2.75) is 31.2 Å². The minimum Gasteiger partial charge on any atom is -0.494 e. The SMILES string of the molecule is COc1cc2nc(-c3nnc4n3CN([C@@H](N3C[C@@H](F)[C@H](NC(=O)O)C3)C(F)(F)F)C=C4)ccc2cc1F. The lowest BCUT2D eigenvalue weighted by molar-refractivity contribution is -0.220. The Balaban J connectivity index is 1.46. The highest BCUT2D eigenvalue weighted by Crippen LogP contribution is 2.34. The maximum absolute atomic E-state index is 14.4. The van der Waals surface area contributed by atoms with Crippen LogP contribution in [-0.2, 0) is 6.67 Å². The molecule has 3 atom stereocenters. The van der Waals surface area contributed by atoms with Crippen molar-refractivity contribution >= 4 is 23.1 Å². The van der Waals surface area contributed by atoms with E-state index in [0.717, 1.165) is 9.80 Å². The fourth-order valence-electron chi connectivity index (χ4n) is 4.60. The molecule has 2 N–H and O–H groups in total. The smallest absolute Gasteiger partial charge is 0.422 e. The molecule has 0 saturated carbocycles. The van der Waals surface area contributed by atoms with Crippen LogP contribution < -0.4 is 10.1 Å². The van der Waals surface area contributed by atoms with Gasteiger partial charge in [0, 0.05) is 30.7 Å². The molecule has 0 spiro atoms. The number of methoxy groups -OCH3 is 1. The van der Waals surface area contributed by atoms with Crippen LogP contribution in [-0.4, -0.2) is 85.5 Å². The van der Waals surface area contributed by atoms with Crippen LogP contribution in [0.1, 0.15) is 5.82 Å². The molecule has 2 aliphatic rings. The summed E-state index contributed by atoms with van der Waals surface area (Å²) in [4.78, 5) is 17.2. The largest absolute Gasteiger partial charge is 0.494 e. The quantitative estimate of drug-likeness (QED) is 0.490. The topological polar surface area (TPSA) is 109 Å². The van der Waals surface area contributed by atoms with Crippen LogP contribution in [0.15, 0.2) is 30.5 Å². The van der Waals surface area contributed by atoms with Gasteiger partial charge < -0.3 is 20.1 Å². The Morgan fingerprint density at radius 1 is 1.24 bits per heavy atom. The first-order valence-corrected chi connectivity index (χ1v) is 11.0. The lowest BCUT2D eigenvalue weighted by Gasteiger charge is -2.39. The minimum atomic E-state index is -4.80. The molecule has 15 heteroatoms. The summed E-state index contributed by atoms with van der Waals surface area (Å²) in [6.45, 7) is -1.41. The number of pyridine rings is 1. The van der Waals surface area contributed by atoms with Gasteiger partial charge in [0.15, 0.2) is 29.4 Å². The Labute approximate surface area is 205 Å². The molecule has 2 aromatic heterocycles. The number of nitrogens with zero attached hydrogens (tertiary/aromatic N) is 6. The zero-order chi connectivity index (χ0) is 26.5. The number of carboxylic acid groups (broad SMARTS) is 1. The van der Waals surface area contributed by atoms with Gasteiger partial charge >= 0.3 is 12.3 Å². The zero-order valence-electron chi connectivity index (χ0n) is 19.2. The van der Waals surface area contributed by atoms with E-state index in [0.29, 0.717) is 10.9 Å². The van der Waals surface area contributed by atoms with E-state index in [4.69, 9.17) is 9.84 Å². The number of likely N-dealkylation sites (tertiary alicyclic amines) is 1. The molecule has 37 heavy (non-hydrogen) atoms. The molecule has 1 amide bonds. The van der Waals surface area contributed by atoms with E-state index in [1.807, 2.05) is 5.32 Å². The first-order valence-electron chi connectivity index (χ1n) is 11.0. The van der Waals surface area contributed by atoms with Crippen LogP contribution in [0.3, 0.4) is 0 Å². The lowest BCUT2D eigenvalue weighted by atomic mass is 10.2. The number of benzene rings is 1. The molecule has 3 aromatic rings. The predicted molar refractivity (Wildman–Crippen MR) is 119 cm³/mol. The summed E-state index contributed by atoms with van der Waals surface area (Å²) in [6.07, 6.45) is -7.82. The van der Waals surface area contributed by atoms with Crippen molar-refractivity contribution in [1.29, 1.82) is 0 Å². The van der Waals surface area contributed by atoms with Gasteiger partial charge in [0.1, 0.15) is 11.9 Å². The number of carbonyl (C=O) groups is 1. The van der Waals surface area contributed by atoms with Crippen LogP contribution >= 0.6 is 0 Å². The maximum Gasteiger partial charge on any atom is 0.422 e. The van der Waals surface area contributed by atoms with Crippen molar-refractivity contribution in [3.63, 3.8) is 0 Å². The minimum absolute atomic E-state index is 0.0185. The highest BCUT2D eigenvalue weighted by atomic mass is 19.4. The van der Waals surface area contributed by atoms with Gasteiger partial charge in [-0.1, -0.05) is 6.07 Å². The third kappa shape index (κ3) is 4.61. The Kier molecular flexibility index (Phi) is 6.09. The molecule has 0 aliphatic carbocycles. The fraction of sp³-hybridized carbons (Fsp3) is 0.364. The van der Waals surface area contributed by atoms with E-state index < -0.39 is 49.6 Å². The molecule has 4 heterocycles. The highest BCUT2D eigenvalue weighted by Gasteiger charge is 2.51. The van der Waals surface area contributed by atoms with Gasteiger partial charge in [0.25, 0.3) is 0 Å². The third-order valence-electron chi connectivity index (χ3n) is 6.23. The molecule has 196 valence electrons. The summed E-state index contributed by atoms with van der Waals surface area (Å²) in [7, 11) is 1.31. The van der Waals surface area contributed by atoms with E-state index in [1.165, 1.54) is 36.1 Å². The summed E-state index contributed by atoms with van der Waals surface area (Å²) >= 11 is 0. The van der Waals surface area contributed by atoms with Gasteiger partial charge in [-0.15, -0.1) is 10.2 Å². The number of rotatable bonds is 5. The molecule has 5 rings (SSSR count). The van der Waals surface area contributed by atoms with Crippen molar-refractivity contribution in [2.75, 3.05) is 20.2 Å². The molecular weight excluding hydrogens is 505 g/mol. The molecule has 0 unspecified atom stereocenters. The van der Waals surface area contributed by atoms with E-state index in [9.17, 15) is 26.7 Å². The Morgan fingerprint density at radius 3 is 2.73 bits per heavy atom. The summed E-state index contributed by atoms with van der Waals surface area (Å²) in [5, 5.41) is 19.4. The van der Waals surface area contributed by atoms with Gasteiger partial charge in [-0.05, 0) is 18.2 Å². The average Bonchev–Trinajstić information content (AvgIpc) is 3.40. The number of aromatic nitrogens is 4. The highest BCUT2D eigenvalue weighted by molar-refractivity contribution is 5.82. The number of nitrogens with one attached hydrogen (secondary N) is 1. The summed E-state index contributed by atoms with van der Waals surface area (Å²) < 4.78 is 77.4.